The van der Waals surface area contributed by atoms with Crippen LogP contribution in [-0.2, 0) is 20.0 Å². The van der Waals surface area contributed by atoms with Crippen molar-refractivity contribution in [3.8, 4) is 0 Å². The fraction of sp³-hybridized carbons (Fsp3) is 0.143. The molecule has 0 aromatic heterocycles. The third kappa shape index (κ3) is 4.96. The second-order valence-electron chi connectivity index (χ2n) is 6.87. The summed E-state index contributed by atoms with van der Waals surface area (Å²) >= 11 is 0. The normalized spacial score (nSPS) is 11.8. The van der Waals surface area contributed by atoms with Crippen LogP contribution in [0.4, 0.5) is 11.4 Å². The Bertz CT molecular complexity index is 1230. The molecule has 0 aliphatic heterocycles. The van der Waals surface area contributed by atoms with Gasteiger partial charge in [-0.3, -0.25) is 9.44 Å². The van der Waals surface area contributed by atoms with Crippen molar-refractivity contribution < 1.29 is 16.8 Å². The summed E-state index contributed by atoms with van der Waals surface area (Å²) in [6, 6.07) is 17.7. The van der Waals surface area contributed by atoms with Gasteiger partial charge < -0.3 is 0 Å². The second kappa shape index (κ2) is 7.88. The van der Waals surface area contributed by atoms with Gasteiger partial charge in [-0.2, -0.15) is 0 Å². The minimum absolute atomic E-state index is 0.157. The number of sulfonamides is 2. The summed E-state index contributed by atoms with van der Waals surface area (Å²) in [4.78, 5) is 0.316. The zero-order chi connectivity index (χ0) is 21.2. The first-order chi connectivity index (χ1) is 13.6. The van der Waals surface area contributed by atoms with Crippen molar-refractivity contribution in [2.45, 2.75) is 30.6 Å². The Balaban J connectivity index is 1.81. The second-order valence-corrected chi connectivity index (χ2v) is 10.2. The number of aryl methyl sites for hydroxylation is 3. The van der Waals surface area contributed by atoms with Gasteiger partial charge in [-0.25, -0.2) is 16.8 Å². The first-order valence-corrected chi connectivity index (χ1v) is 11.8. The van der Waals surface area contributed by atoms with Crippen molar-refractivity contribution >= 4 is 31.4 Å². The van der Waals surface area contributed by atoms with Crippen LogP contribution in [0.2, 0.25) is 0 Å². The van der Waals surface area contributed by atoms with Gasteiger partial charge in [-0.05, 0) is 68.8 Å². The zero-order valence-electron chi connectivity index (χ0n) is 16.3. The molecule has 8 heteroatoms. The van der Waals surface area contributed by atoms with E-state index in [1.54, 1.807) is 37.3 Å². The third-order valence-corrected chi connectivity index (χ3v) is 7.16. The predicted octanol–water partition coefficient (Wildman–Crippen LogP) is 4.21. The van der Waals surface area contributed by atoms with Gasteiger partial charge in [-0.15, -0.1) is 0 Å². The average Bonchev–Trinajstić information content (AvgIpc) is 2.64. The quantitative estimate of drug-likeness (QED) is 0.613. The van der Waals surface area contributed by atoms with Gasteiger partial charge in [0.2, 0.25) is 0 Å². The maximum absolute atomic E-state index is 12.6. The molecule has 0 aliphatic carbocycles. The number of hydrogen-bond acceptors (Lipinski definition) is 4. The molecular formula is C21H22N2O4S2. The fourth-order valence-electron chi connectivity index (χ4n) is 2.69. The van der Waals surface area contributed by atoms with Gasteiger partial charge in [0.25, 0.3) is 20.0 Å². The van der Waals surface area contributed by atoms with Crippen molar-refractivity contribution in [1.82, 2.24) is 0 Å². The topological polar surface area (TPSA) is 92.3 Å². The molecule has 0 fully saturated rings. The first-order valence-electron chi connectivity index (χ1n) is 8.86. The molecule has 0 amide bonds. The highest BCUT2D eigenvalue weighted by Gasteiger charge is 2.17. The van der Waals surface area contributed by atoms with E-state index in [2.05, 4.69) is 9.44 Å². The molecule has 29 heavy (non-hydrogen) atoms. The Hall–Kier alpha value is -2.84. The average molecular weight is 431 g/mol. The van der Waals surface area contributed by atoms with Crippen LogP contribution in [0.3, 0.4) is 0 Å². The molecule has 0 spiro atoms. The van der Waals surface area contributed by atoms with E-state index >= 15 is 0 Å². The molecule has 0 saturated heterocycles. The molecular weight excluding hydrogens is 408 g/mol. The number of benzene rings is 3. The Morgan fingerprint density at radius 3 is 1.48 bits per heavy atom. The molecule has 3 aromatic carbocycles. The number of anilines is 2. The molecule has 0 heterocycles. The fourth-order valence-corrected chi connectivity index (χ4v) is 4.87. The van der Waals surface area contributed by atoms with Crippen LogP contribution >= 0.6 is 0 Å². The van der Waals surface area contributed by atoms with Crippen molar-refractivity contribution in [3.63, 3.8) is 0 Å². The van der Waals surface area contributed by atoms with Gasteiger partial charge in [0.05, 0.1) is 15.5 Å². The largest absolute Gasteiger partial charge is 0.280 e. The van der Waals surface area contributed by atoms with E-state index < -0.39 is 20.0 Å². The Morgan fingerprint density at radius 1 is 0.586 bits per heavy atom. The molecule has 2 N–H and O–H groups in total. The van der Waals surface area contributed by atoms with Crippen LogP contribution in [0.5, 0.6) is 0 Å². The van der Waals surface area contributed by atoms with Crippen molar-refractivity contribution in [2.24, 2.45) is 0 Å². The van der Waals surface area contributed by atoms with Gasteiger partial charge in [0.15, 0.2) is 0 Å². The lowest BCUT2D eigenvalue weighted by Gasteiger charge is -2.13. The first kappa shape index (κ1) is 20.9. The lowest BCUT2D eigenvalue weighted by Crippen LogP contribution is -2.15. The van der Waals surface area contributed by atoms with E-state index in [1.807, 2.05) is 13.8 Å². The van der Waals surface area contributed by atoms with Crippen LogP contribution < -0.4 is 9.44 Å². The minimum atomic E-state index is -3.74. The number of nitrogens with one attached hydrogen (secondary N) is 2. The highest BCUT2D eigenvalue weighted by Crippen LogP contribution is 2.25. The monoisotopic (exact) mass is 430 g/mol. The molecule has 0 aliphatic rings. The molecule has 0 bridgehead atoms. The van der Waals surface area contributed by atoms with Crippen LogP contribution in [0.15, 0.2) is 76.5 Å². The SMILES string of the molecule is Cc1ccc(S(=O)(=O)Nc2ccc(NS(=O)(=O)c3ccc(C)cc3)c(C)c2)cc1. The summed E-state index contributed by atoms with van der Waals surface area (Å²) in [6.45, 7) is 5.46. The molecule has 0 unspecified atom stereocenters. The molecule has 0 atom stereocenters. The van der Waals surface area contributed by atoms with E-state index in [1.165, 1.54) is 36.4 Å². The summed E-state index contributed by atoms with van der Waals surface area (Å²) in [5.41, 5.74) is 3.24. The van der Waals surface area contributed by atoms with E-state index in [9.17, 15) is 16.8 Å². The Labute approximate surface area is 171 Å². The van der Waals surface area contributed by atoms with Crippen molar-refractivity contribution in [3.05, 3.63) is 83.4 Å². The van der Waals surface area contributed by atoms with Crippen LogP contribution in [0, 0.1) is 20.8 Å². The van der Waals surface area contributed by atoms with E-state index in [-0.39, 0.29) is 9.79 Å². The van der Waals surface area contributed by atoms with Gasteiger partial charge >= 0.3 is 0 Å². The summed E-state index contributed by atoms with van der Waals surface area (Å²) in [7, 11) is -7.47. The van der Waals surface area contributed by atoms with E-state index in [0.717, 1.165) is 11.1 Å². The molecule has 3 rings (SSSR count). The molecule has 0 radical (unpaired) electrons. The molecule has 6 nitrogen and oxygen atoms in total. The van der Waals surface area contributed by atoms with Crippen LogP contribution in [-0.4, -0.2) is 16.8 Å². The van der Waals surface area contributed by atoms with Crippen molar-refractivity contribution in [1.29, 1.82) is 0 Å². The Morgan fingerprint density at radius 2 is 1.03 bits per heavy atom. The van der Waals surface area contributed by atoms with Gasteiger partial charge in [-0.1, -0.05) is 35.4 Å². The lowest BCUT2D eigenvalue weighted by molar-refractivity contribution is 0.599. The maximum atomic E-state index is 12.6. The lowest BCUT2D eigenvalue weighted by atomic mass is 10.2. The standard InChI is InChI=1S/C21H22N2O4S2/c1-15-4-9-19(10-5-15)28(24,25)22-18-8-13-21(17(3)14-18)23-29(26,27)20-11-6-16(2)7-12-20/h4-14,22-23H,1-3H3. The van der Waals surface area contributed by atoms with Crippen LogP contribution in [0.25, 0.3) is 0 Å². The van der Waals surface area contributed by atoms with E-state index in [0.29, 0.717) is 16.9 Å². The highest BCUT2D eigenvalue weighted by molar-refractivity contribution is 7.93. The molecule has 0 saturated carbocycles. The summed E-state index contributed by atoms with van der Waals surface area (Å²) in [6.07, 6.45) is 0. The van der Waals surface area contributed by atoms with Crippen molar-refractivity contribution in [2.75, 3.05) is 9.44 Å². The zero-order valence-corrected chi connectivity index (χ0v) is 17.9. The third-order valence-electron chi connectivity index (χ3n) is 4.39. The molecule has 152 valence electrons. The minimum Gasteiger partial charge on any atom is -0.280 e. The molecule has 3 aromatic rings. The maximum Gasteiger partial charge on any atom is 0.261 e. The summed E-state index contributed by atoms with van der Waals surface area (Å²) < 4.78 is 55.3. The number of rotatable bonds is 6. The number of hydrogen-bond donors (Lipinski definition) is 2. The van der Waals surface area contributed by atoms with Crippen LogP contribution in [0.1, 0.15) is 16.7 Å². The summed E-state index contributed by atoms with van der Waals surface area (Å²) in [5, 5.41) is 0. The summed E-state index contributed by atoms with van der Waals surface area (Å²) in [5.74, 6) is 0. The highest BCUT2D eigenvalue weighted by atomic mass is 32.2. The van der Waals surface area contributed by atoms with Gasteiger partial charge in [0.1, 0.15) is 0 Å². The van der Waals surface area contributed by atoms with Gasteiger partial charge in [0, 0.05) is 5.69 Å². The smallest absolute Gasteiger partial charge is 0.261 e. The Kier molecular flexibility index (Phi) is 5.68. The predicted molar refractivity (Wildman–Crippen MR) is 115 cm³/mol. The van der Waals surface area contributed by atoms with E-state index in [4.69, 9.17) is 0 Å².